The lowest BCUT2D eigenvalue weighted by Crippen LogP contribution is -2.12. The Balaban J connectivity index is 3.13. The highest BCUT2D eigenvalue weighted by molar-refractivity contribution is 5.92. The van der Waals surface area contributed by atoms with Gasteiger partial charge in [0.05, 0.1) is 5.56 Å². The first-order chi connectivity index (χ1) is 6.02. The fourth-order valence-corrected chi connectivity index (χ4v) is 0.949. The van der Waals surface area contributed by atoms with E-state index in [1.54, 1.807) is 0 Å². The number of nitrogens with zero attached hydrogens (tertiary/aromatic N) is 1. The first-order valence-electron chi connectivity index (χ1n) is 3.57. The van der Waals surface area contributed by atoms with Crippen LogP contribution >= 0.6 is 0 Å². The van der Waals surface area contributed by atoms with Crippen LogP contribution in [0.15, 0.2) is 12.3 Å². The number of halogens is 2. The number of aromatic nitrogens is 1. The van der Waals surface area contributed by atoms with E-state index in [1.807, 2.05) is 0 Å². The number of aryl methyl sites for hydroxylation is 1. The number of carbonyl (C=O) groups excluding carboxylic acids is 1. The molecular weight excluding hydrogens is 178 g/mol. The molecule has 1 aromatic heterocycles. The second-order valence-electron chi connectivity index (χ2n) is 2.59. The Kier molecular flexibility index (Phi) is 2.55. The second-order valence-corrected chi connectivity index (χ2v) is 2.59. The van der Waals surface area contributed by atoms with E-state index in [4.69, 9.17) is 5.73 Å². The fourth-order valence-electron chi connectivity index (χ4n) is 0.949. The van der Waals surface area contributed by atoms with Crippen molar-refractivity contribution in [2.75, 3.05) is 0 Å². The van der Waals surface area contributed by atoms with Crippen LogP contribution in [0.4, 0.5) is 8.78 Å². The normalized spacial score (nSPS) is 10.5. The molecule has 1 rings (SSSR count). The van der Waals surface area contributed by atoms with Crippen LogP contribution in [0, 0.1) is 6.92 Å². The van der Waals surface area contributed by atoms with Crippen molar-refractivity contribution in [3.63, 3.8) is 0 Å². The molecule has 0 saturated carbocycles. The Morgan fingerprint density at radius 3 is 2.62 bits per heavy atom. The summed E-state index contributed by atoms with van der Waals surface area (Å²) < 4.78 is 24.4. The molecule has 1 aromatic rings. The molecule has 1 amide bonds. The van der Waals surface area contributed by atoms with E-state index < -0.39 is 12.3 Å². The molecule has 0 aliphatic rings. The molecule has 0 aliphatic carbocycles. The lowest BCUT2D eigenvalue weighted by molar-refractivity contribution is 0.0998. The van der Waals surface area contributed by atoms with Gasteiger partial charge in [0.25, 0.3) is 6.43 Å². The highest BCUT2D eigenvalue weighted by Gasteiger charge is 2.13. The van der Waals surface area contributed by atoms with Crippen molar-refractivity contribution in [1.29, 1.82) is 0 Å². The van der Waals surface area contributed by atoms with E-state index >= 15 is 0 Å². The Morgan fingerprint density at radius 2 is 2.23 bits per heavy atom. The van der Waals surface area contributed by atoms with Crippen molar-refractivity contribution in [3.8, 4) is 0 Å². The molecule has 0 unspecified atom stereocenters. The molecule has 0 radical (unpaired) electrons. The minimum Gasteiger partial charge on any atom is -0.366 e. The van der Waals surface area contributed by atoms with Gasteiger partial charge in [-0.3, -0.25) is 9.78 Å². The molecule has 0 aromatic carbocycles. The van der Waals surface area contributed by atoms with Gasteiger partial charge < -0.3 is 5.73 Å². The summed E-state index contributed by atoms with van der Waals surface area (Å²) in [5.41, 5.74) is 5.04. The molecule has 0 bridgehead atoms. The van der Waals surface area contributed by atoms with Gasteiger partial charge in [-0.25, -0.2) is 8.78 Å². The number of hydrogen-bond donors (Lipinski definition) is 1. The van der Waals surface area contributed by atoms with Gasteiger partial charge in [0.15, 0.2) is 0 Å². The molecule has 0 spiro atoms. The van der Waals surface area contributed by atoms with Gasteiger partial charge in [-0.2, -0.15) is 0 Å². The number of rotatable bonds is 2. The first-order valence-corrected chi connectivity index (χ1v) is 3.57. The number of alkyl halides is 2. The number of amides is 1. The zero-order chi connectivity index (χ0) is 10.0. The number of primary amides is 1. The van der Waals surface area contributed by atoms with Crippen LogP contribution in [0.25, 0.3) is 0 Å². The van der Waals surface area contributed by atoms with Gasteiger partial charge in [-0.1, -0.05) is 0 Å². The van der Waals surface area contributed by atoms with Crippen LogP contribution in [0.2, 0.25) is 0 Å². The molecular formula is C8H8F2N2O. The fraction of sp³-hybridized carbons (Fsp3) is 0.250. The van der Waals surface area contributed by atoms with E-state index in [-0.39, 0.29) is 16.8 Å². The molecule has 13 heavy (non-hydrogen) atoms. The largest absolute Gasteiger partial charge is 0.366 e. The van der Waals surface area contributed by atoms with Crippen molar-refractivity contribution < 1.29 is 13.6 Å². The van der Waals surface area contributed by atoms with E-state index in [2.05, 4.69) is 4.98 Å². The highest BCUT2D eigenvalue weighted by atomic mass is 19.3. The van der Waals surface area contributed by atoms with Gasteiger partial charge in [0.1, 0.15) is 5.69 Å². The van der Waals surface area contributed by atoms with Gasteiger partial charge in [0.2, 0.25) is 5.91 Å². The maximum atomic E-state index is 12.2. The van der Waals surface area contributed by atoms with Crippen molar-refractivity contribution in [2.24, 2.45) is 5.73 Å². The standard InChI is InChI=1S/C8H8F2N2O/c1-4-2-5(8(11)13)3-12-6(4)7(9)10/h2-3,7H,1H3,(H2,11,13). The van der Waals surface area contributed by atoms with Crippen LogP contribution in [0.1, 0.15) is 28.0 Å². The van der Waals surface area contributed by atoms with E-state index in [0.717, 1.165) is 6.20 Å². The van der Waals surface area contributed by atoms with Crippen molar-refractivity contribution in [3.05, 3.63) is 29.1 Å². The summed E-state index contributed by atoms with van der Waals surface area (Å²) in [4.78, 5) is 14.1. The topological polar surface area (TPSA) is 56.0 Å². The molecule has 5 heteroatoms. The third kappa shape index (κ3) is 1.99. The molecule has 70 valence electrons. The molecule has 2 N–H and O–H groups in total. The first kappa shape index (κ1) is 9.57. The third-order valence-corrected chi connectivity index (χ3v) is 1.61. The maximum Gasteiger partial charge on any atom is 0.280 e. The number of nitrogens with two attached hydrogens (primary N) is 1. The second kappa shape index (κ2) is 3.47. The maximum absolute atomic E-state index is 12.2. The molecule has 0 fully saturated rings. The van der Waals surface area contributed by atoms with Gasteiger partial charge >= 0.3 is 0 Å². The monoisotopic (exact) mass is 186 g/mol. The van der Waals surface area contributed by atoms with Gasteiger partial charge in [-0.05, 0) is 18.6 Å². The van der Waals surface area contributed by atoms with E-state index in [9.17, 15) is 13.6 Å². The van der Waals surface area contributed by atoms with E-state index in [1.165, 1.54) is 13.0 Å². The summed E-state index contributed by atoms with van der Waals surface area (Å²) in [6.07, 6.45) is -1.57. The minimum absolute atomic E-state index is 0.141. The number of pyridine rings is 1. The van der Waals surface area contributed by atoms with Crippen molar-refractivity contribution >= 4 is 5.91 Å². The Morgan fingerprint density at radius 1 is 1.62 bits per heavy atom. The van der Waals surface area contributed by atoms with Crippen molar-refractivity contribution in [2.45, 2.75) is 13.3 Å². The van der Waals surface area contributed by atoms with E-state index in [0.29, 0.717) is 0 Å². The predicted octanol–water partition coefficient (Wildman–Crippen LogP) is 1.43. The van der Waals surface area contributed by atoms with Crippen LogP contribution in [-0.4, -0.2) is 10.9 Å². The average molecular weight is 186 g/mol. The highest BCUT2D eigenvalue weighted by Crippen LogP contribution is 2.20. The lowest BCUT2D eigenvalue weighted by atomic mass is 10.1. The Hall–Kier alpha value is -1.52. The summed E-state index contributed by atoms with van der Waals surface area (Å²) >= 11 is 0. The smallest absolute Gasteiger partial charge is 0.280 e. The Labute approximate surface area is 73.6 Å². The van der Waals surface area contributed by atoms with Crippen molar-refractivity contribution in [1.82, 2.24) is 4.98 Å². The summed E-state index contributed by atoms with van der Waals surface area (Å²) in [5.74, 6) is -0.670. The quantitative estimate of drug-likeness (QED) is 0.759. The SMILES string of the molecule is Cc1cc(C(N)=O)cnc1C(F)F. The Bertz CT molecular complexity index is 339. The molecule has 1 heterocycles. The summed E-state index contributed by atoms with van der Waals surface area (Å²) in [7, 11) is 0. The zero-order valence-corrected chi connectivity index (χ0v) is 6.92. The molecule has 0 aliphatic heterocycles. The van der Waals surface area contributed by atoms with Crippen LogP contribution in [-0.2, 0) is 0 Å². The average Bonchev–Trinajstić information content (AvgIpc) is 2.03. The zero-order valence-electron chi connectivity index (χ0n) is 6.92. The molecule has 0 atom stereocenters. The molecule has 0 saturated heterocycles. The summed E-state index contributed by atoms with van der Waals surface area (Å²) in [5, 5.41) is 0. The minimum atomic E-state index is -2.62. The number of hydrogen-bond acceptors (Lipinski definition) is 2. The lowest BCUT2D eigenvalue weighted by Gasteiger charge is -2.03. The summed E-state index contributed by atoms with van der Waals surface area (Å²) in [6, 6.07) is 1.30. The number of carbonyl (C=O) groups is 1. The molecule has 3 nitrogen and oxygen atoms in total. The van der Waals surface area contributed by atoms with Crippen LogP contribution in [0.5, 0.6) is 0 Å². The third-order valence-electron chi connectivity index (χ3n) is 1.61. The van der Waals surface area contributed by atoms with Gasteiger partial charge in [0, 0.05) is 6.20 Å². The van der Waals surface area contributed by atoms with Crippen LogP contribution in [0.3, 0.4) is 0 Å². The predicted molar refractivity (Wildman–Crippen MR) is 42.4 cm³/mol. The van der Waals surface area contributed by atoms with Gasteiger partial charge in [-0.15, -0.1) is 0 Å². The van der Waals surface area contributed by atoms with Crippen LogP contribution < -0.4 is 5.73 Å². The summed E-state index contributed by atoms with van der Waals surface area (Å²) in [6.45, 7) is 1.46.